The third kappa shape index (κ3) is 1.25. The molecule has 1 aliphatic rings. The van der Waals surface area contributed by atoms with Crippen molar-refractivity contribution < 1.29 is 9.90 Å². The molecule has 1 saturated carbocycles. The Morgan fingerprint density at radius 3 is 2.64 bits per heavy atom. The summed E-state index contributed by atoms with van der Waals surface area (Å²) in [4.78, 5) is 16.5. The molecule has 0 aromatic carbocycles. The number of carboxylic acids is 1. The number of nitrogens with zero attached hydrogens (tertiary/aromatic N) is 1. The molecule has 0 amide bonds. The molecule has 0 bridgehead atoms. The molecule has 3 nitrogen and oxygen atoms in total. The van der Waals surface area contributed by atoms with Crippen LogP contribution in [0.4, 0.5) is 0 Å². The Morgan fingerprint density at radius 2 is 2.29 bits per heavy atom. The van der Waals surface area contributed by atoms with Gasteiger partial charge in [-0.15, -0.1) is 11.3 Å². The number of aromatic nitrogens is 1. The quantitative estimate of drug-likeness (QED) is 0.833. The highest BCUT2D eigenvalue weighted by atomic mass is 32.1. The van der Waals surface area contributed by atoms with Gasteiger partial charge in [0.2, 0.25) is 0 Å². The first-order valence-electron chi connectivity index (χ1n) is 4.80. The van der Waals surface area contributed by atoms with Crippen molar-refractivity contribution in [3.8, 4) is 0 Å². The van der Waals surface area contributed by atoms with E-state index in [-0.39, 0.29) is 0 Å². The third-order valence-electron chi connectivity index (χ3n) is 2.74. The summed E-state index contributed by atoms with van der Waals surface area (Å²) in [6.45, 7) is 3.95. The zero-order valence-corrected chi connectivity index (χ0v) is 9.15. The van der Waals surface area contributed by atoms with Gasteiger partial charge >= 0.3 is 5.97 Å². The van der Waals surface area contributed by atoms with Gasteiger partial charge in [0.25, 0.3) is 0 Å². The largest absolute Gasteiger partial charge is 0.481 e. The van der Waals surface area contributed by atoms with E-state index in [1.54, 1.807) is 11.3 Å². The van der Waals surface area contributed by atoms with Gasteiger partial charge in [0.05, 0.1) is 10.7 Å². The molecule has 14 heavy (non-hydrogen) atoms. The number of aryl methyl sites for hydroxylation is 2. The monoisotopic (exact) mass is 211 g/mol. The van der Waals surface area contributed by atoms with E-state index in [1.807, 2.05) is 13.8 Å². The van der Waals surface area contributed by atoms with Crippen LogP contribution in [-0.4, -0.2) is 16.1 Å². The lowest BCUT2D eigenvalue weighted by atomic mass is 10.0. The lowest BCUT2D eigenvalue weighted by Crippen LogP contribution is -2.18. The first kappa shape index (κ1) is 9.65. The summed E-state index contributed by atoms with van der Waals surface area (Å²) in [6, 6.07) is 0. The minimum Gasteiger partial charge on any atom is -0.481 e. The smallest absolute Gasteiger partial charge is 0.315 e. The lowest BCUT2D eigenvalue weighted by Gasteiger charge is -2.06. The zero-order chi connectivity index (χ0) is 10.3. The average molecular weight is 211 g/mol. The second-order valence-corrected chi connectivity index (χ2v) is 4.85. The summed E-state index contributed by atoms with van der Waals surface area (Å²) in [7, 11) is 0. The number of carboxylic acid groups (broad SMARTS) is 1. The van der Waals surface area contributed by atoms with Gasteiger partial charge in [0.1, 0.15) is 5.41 Å². The summed E-state index contributed by atoms with van der Waals surface area (Å²) in [5, 5.41) is 10.2. The minimum absolute atomic E-state index is 0.574. The van der Waals surface area contributed by atoms with Crippen molar-refractivity contribution in [1.29, 1.82) is 0 Å². The van der Waals surface area contributed by atoms with Crippen LogP contribution in [0.1, 0.15) is 35.3 Å². The van der Waals surface area contributed by atoms with Gasteiger partial charge in [0, 0.05) is 4.88 Å². The van der Waals surface area contributed by atoms with E-state index in [9.17, 15) is 4.79 Å². The van der Waals surface area contributed by atoms with Crippen LogP contribution in [0.2, 0.25) is 0 Å². The third-order valence-corrected chi connectivity index (χ3v) is 4.24. The Morgan fingerprint density at radius 1 is 1.64 bits per heavy atom. The molecule has 4 heteroatoms. The van der Waals surface area contributed by atoms with Crippen molar-refractivity contribution in [2.24, 2.45) is 0 Å². The van der Waals surface area contributed by atoms with E-state index in [0.717, 1.165) is 34.8 Å². The Bertz CT molecular complexity index is 379. The Balaban J connectivity index is 2.41. The number of aliphatic carboxylic acids is 1. The summed E-state index contributed by atoms with van der Waals surface area (Å²) in [5.41, 5.74) is 0.335. The molecule has 1 N–H and O–H groups in total. The van der Waals surface area contributed by atoms with E-state index in [2.05, 4.69) is 4.98 Å². The fourth-order valence-corrected chi connectivity index (χ4v) is 2.95. The van der Waals surface area contributed by atoms with Crippen molar-refractivity contribution in [1.82, 2.24) is 4.98 Å². The molecular weight excluding hydrogens is 198 g/mol. The number of hydrogen-bond donors (Lipinski definition) is 1. The molecular formula is C10H13NO2S. The van der Waals surface area contributed by atoms with Crippen molar-refractivity contribution in [3.05, 3.63) is 15.6 Å². The Labute approximate surface area is 86.8 Å². The average Bonchev–Trinajstić information content (AvgIpc) is 2.86. The second-order valence-electron chi connectivity index (χ2n) is 3.76. The molecule has 0 atom stereocenters. The molecule has 1 heterocycles. The molecule has 76 valence electrons. The first-order valence-corrected chi connectivity index (χ1v) is 5.62. The van der Waals surface area contributed by atoms with Crippen LogP contribution in [-0.2, 0) is 16.6 Å². The molecule has 0 aliphatic heterocycles. The second kappa shape index (κ2) is 3.05. The molecule has 0 saturated heterocycles. The number of thiazole rings is 1. The maximum Gasteiger partial charge on any atom is 0.315 e. The SMILES string of the molecule is CCc1nc(C)c(C2(C(=O)O)CC2)s1. The molecule has 1 fully saturated rings. The zero-order valence-electron chi connectivity index (χ0n) is 8.33. The first-order chi connectivity index (χ1) is 6.60. The minimum atomic E-state index is -0.688. The fourth-order valence-electron chi connectivity index (χ4n) is 1.71. The van der Waals surface area contributed by atoms with Gasteiger partial charge in [-0.25, -0.2) is 4.98 Å². The number of rotatable bonds is 3. The lowest BCUT2D eigenvalue weighted by molar-refractivity contribution is -0.139. The number of hydrogen-bond acceptors (Lipinski definition) is 3. The van der Waals surface area contributed by atoms with Gasteiger partial charge in [-0.3, -0.25) is 4.79 Å². The Kier molecular flexibility index (Phi) is 2.10. The molecule has 0 spiro atoms. The Hall–Kier alpha value is -0.900. The van der Waals surface area contributed by atoms with E-state index >= 15 is 0 Å². The predicted molar refractivity (Wildman–Crippen MR) is 54.8 cm³/mol. The van der Waals surface area contributed by atoms with Crippen LogP contribution in [0.25, 0.3) is 0 Å². The van der Waals surface area contributed by atoms with Gasteiger partial charge in [0.15, 0.2) is 0 Å². The van der Waals surface area contributed by atoms with Gasteiger partial charge in [-0.1, -0.05) is 6.92 Å². The fraction of sp³-hybridized carbons (Fsp3) is 0.600. The predicted octanol–water partition coefficient (Wildman–Crippen LogP) is 2.13. The van der Waals surface area contributed by atoms with Crippen LogP contribution < -0.4 is 0 Å². The van der Waals surface area contributed by atoms with Crippen molar-refractivity contribution in [2.45, 2.75) is 38.5 Å². The van der Waals surface area contributed by atoms with E-state index in [0.29, 0.717) is 0 Å². The van der Waals surface area contributed by atoms with Gasteiger partial charge in [-0.05, 0) is 26.2 Å². The standard InChI is InChI=1S/C10H13NO2S/c1-3-7-11-6(2)8(14-7)10(4-5-10)9(12)13/h3-5H2,1-2H3,(H,12,13). The summed E-state index contributed by atoms with van der Waals surface area (Å²) < 4.78 is 0. The molecule has 1 aromatic rings. The highest BCUT2D eigenvalue weighted by molar-refractivity contribution is 7.12. The summed E-state index contributed by atoms with van der Waals surface area (Å²) >= 11 is 1.57. The maximum absolute atomic E-state index is 11.1. The molecule has 1 aromatic heterocycles. The highest BCUT2D eigenvalue weighted by Crippen LogP contribution is 2.51. The molecule has 0 unspecified atom stereocenters. The normalized spacial score (nSPS) is 18.1. The van der Waals surface area contributed by atoms with Crippen LogP contribution in [0.15, 0.2) is 0 Å². The molecule has 2 rings (SSSR count). The highest BCUT2D eigenvalue weighted by Gasteiger charge is 2.54. The summed E-state index contributed by atoms with van der Waals surface area (Å²) in [5.74, 6) is -0.688. The van der Waals surface area contributed by atoms with E-state index in [1.165, 1.54) is 0 Å². The van der Waals surface area contributed by atoms with Crippen LogP contribution in [0.3, 0.4) is 0 Å². The van der Waals surface area contributed by atoms with Crippen LogP contribution >= 0.6 is 11.3 Å². The molecule has 0 radical (unpaired) electrons. The van der Waals surface area contributed by atoms with Crippen molar-refractivity contribution in [3.63, 3.8) is 0 Å². The van der Waals surface area contributed by atoms with Gasteiger partial charge < -0.3 is 5.11 Å². The van der Waals surface area contributed by atoms with Gasteiger partial charge in [-0.2, -0.15) is 0 Å². The van der Waals surface area contributed by atoms with E-state index < -0.39 is 11.4 Å². The number of carbonyl (C=O) groups is 1. The van der Waals surface area contributed by atoms with Crippen LogP contribution in [0.5, 0.6) is 0 Å². The van der Waals surface area contributed by atoms with Crippen molar-refractivity contribution >= 4 is 17.3 Å². The van der Waals surface area contributed by atoms with Crippen molar-refractivity contribution in [2.75, 3.05) is 0 Å². The topological polar surface area (TPSA) is 50.2 Å². The summed E-state index contributed by atoms with van der Waals surface area (Å²) in [6.07, 6.45) is 2.43. The van der Waals surface area contributed by atoms with E-state index in [4.69, 9.17) is 5.11 Å². The molecule has 1 aliphatic carbocycles. The maximum atomic E-state index is 11.1. The van der Waals surface area contributed by atoms with Crippen LogP contribution in [0, 0.1) is 6.92 Å².